The van der Waals surface area contributed by atoms with E-state index in [1.807, 2.05) is 13.8 Å². The van der Waals surface area contributed by atoms with Crippen LogP contribution in [0.4, 0.5) is 0 Å². The molecule has 1 aromatic carbocycles. The predicted molar refractivity (Wildman–Crippen MR) is 122 cm³/mol. The first kappa shape index (κ1) is 25.0. The Balaban J connectivity index is 1.81. The lowest BCUT2D eigenvalue weighted by molar-refractivity contribution is -0.148. The average molecular weight is 452 g/mol. The molecule has 2 rings (SSSR count). The van der Waals surface area contributed by atoms with E-state index in [-0.39, 0.29) is 17.7 Å². The summed E-state index contributed by atoms with van der Waals surface area (Å²) in [4.78, 5) is 28.2. The minimum absolute atomic E-state index is 0.0635. The lowest BCUT2D eigenvalue weighted by Crippen LogP contribution is -2.35. The van der Waals surface area contributed by atoms with E-state index in [2.05, 4.69) is 4.99 Å². The Bertz CT molecular complexity index is 781. The lowest BCUT2D eigenvalue weighted by Gasteiger charge is -2.17. The third kappa shape index (κ3) is 7.76. The number of phenolic OH excluding ortho intramolecular Hbond substituents is 1. The molecular weight excluding hydrogens is 418 g/mol. The van der Waals surface area contributed by atoms with E-state index < -0.39 is 5.54 Å². The molecule has 0 saturated carbocycles. The largest absolute Gasteiger partial charge is 0.507 e. The fourth-order valence-electron chi connectivity index (χ4n) is 2.90. The molecule has 0 spiro atoms. The molecule has 1 aliphatic rings. The summed E-state index contributed by atoms with van der Waals surface area (Å²) in [6.07, 6.45) is 4.48. The van der Waals surface area contributed by atoms with Crippen molar-refractivity contribution < 1.29 is 28.9 Å². The quantitative estimate of drug-likeness (QED) is 0.349. The number of hydrogen-bond acceptors (Lipinski definition) is 8. The van der Waals surface area contributed by atoms with Crippen molar-refractivity contribution >= 4 is 28.7 Å². The smallest absolute Gasteiger partial charge is 0.334 e. The van der Waals surface area contributed by atoms with Crippen molar-refractivity contribution in [2.45, 2.75) is 64.8 Å². The van der Waals surface area contributed by atoms with Gasteiger partial charge in [-0.25, -0.2) is 4.79 Å². The van der Waals surface area contributed by atoms with Gasteiger partial charge in [-0.3, -0.25) is 9.79 Å². The number of aromatic hydroxyl groups is 1. The molecule has 31 heavy (non-hydrogen) atoms. The van der Waals surface area contributed by atoms with Gasteiger partial charge in [-0.2, -0.15) is 0 Å². The number of carbonyl (C=O) groups is 2. The minimum Gasteiger partial charge on any atom is -0.507 e. The number of esters is 2. The van der Waals surface area contributed by atoms with Crippen LogP contribution in [0.5, 0.6) is 11.5 Å². The first-order valence-electron chi connectivity index (χ1n) is 10.9. The van der Waals surface area contributed by atoms with E-state index in [1.165, 1.54) is 11.8 Å². The van der Waals surface area contributed by atoms with Crippen LogP contribution >= 0.6 is 11.8 Å². The van der Waals surface area contributed by atoms with Gasteiger partial charge < -0.3 is 19.3 Å². The molecule has 0 aliphatic carbocycles. The maximum Gasteiger partial charge on any atom is 0.334 e. The van der Waals surface area contributed by atoms with Gasteiger partial charge in [-0.15, -0.1) is 11.8 Å². The molecule has 8 heteroatoms. The first-order valence-corrected chi connectivity index (χ1v) is 11.9. The van der Waals surface area contributed by atoms with Crippen molar-refractivity contribution in [1.29, 1.82) is 0 Å². The van der Waals surface area contributed by atoms with Crippen LogP contribution in [0.25, 0.3) is 0 Å². The maximum atomic E-state index is 12.3. The number of aliphatic imine (C=N–C) groups is 1. The van der Waals surface area contributed by atoms with Crippen molar-refractivity contribution in [2.24, 2.45) is 4.99 Å². The van der Waals surface area contributed by atoms with Crippen LogP contribution in [0.2, 0.25) is 0 Å². The first-order chi connectivity index (χ1) is 14.9. The molecule has 1 atom stereocenters. The fourth-order valence-corrected chi connectivity index (χ4v) is 4.09. The SMILES string of the molecule is CCCOC(=O)CCCCCOc1ccc(C2=N[C@@](C)(C(=O)OCCC)CS2)c(O)c1. The molecule has 0 radical (unpaired) electrons. The Hall–Kier alpha value is -2.22. The standard InChI is InChI=1S/C23H33NO6S/c1-4-12-29-20(26)9-7-6-8-14-28-17-10-11-18(19(25)15-17)21-24-23(3,16-31-21)22(27)30-13-5-2/h10-11,15,25H,4-9,12-14,16H2,1-3H3/t23-/m1/s1. The highest BCUT2D eigenvalue weighted by atomic mass is 32.2. The second-order valence-electron chi connectivity index (χ2n) is 7.67. The molecule has 0 saturated heterocycles. The van der Waals surface area contributed by atoms with Crippen LogP contribution in [0.15, 0.2) is 23.2 Å². The summed E-state index contributed by atoms with van der Waals surface area (Å²) in [5.74, 6) is 0.626. The summed E-state index contributed by atoms with van der Waals surface area (Å²) in [7, 11) is 0. The molecule has 1 N–H and O–H groups in total. The molecule has 0 fully saturated rings. The Kier molecular flexibility index (Phi) is 10.2. The summed E-state index contributed by atoms with van der Waals surface area (Å²) >= 11 is 1.43. The number of hydrogen-bond donors (Lipinski definition) is 1. The van der Waals surface area contributed by atoms with E-state index in [0.717, 1.165) is 32.1 Å². The van der Waals surface area contributed by atoms with Crippen LogP contribution in [0, 0.1) is 0 Å². The molecule has 172 valence electrons. The summed E-state index contributed by atoms with van der Waals surface area (Å²) in [5, 5.41) is 11.1. The molecule has 1 aromatic rings. The van der Waals surface area contributed by atoms with Gasteiger partial charge in [0.05, 0.1) is 19.8 Å². The summed E-state index contributed by atoms with van der Waals surface area (Å²) < 4.78 is 16.0. The molecular formula is C23H33NO6S. The second-order valence-corrected chi connectivity index (χ2v) is 8.64. The zero-order chi connectivity index (χ0) is 22.7. The number of nitrogens with zero attached hydrogens (tertiary/aromatic N) is 1. The molecule has 7 nitrogen and oxygen atoms in total. The molecule has 0 unspecified atom stereocenters. The lowest BCUT2D eigenvalue weighted by atomic mass is 10.1. The van der Waals surface area contributed by atoms with Crippen molar-refractivity contribution in [3.63, 3.8) is 0 Å². The van der Waals surface area contributed by atoms with Crippen molar-refractivity contribution in [2.75, 3.05) is 25.6 Å². The zero-order valence-corrected chi connectivity index (χ0v) is 19.5. The number of phenols is 1. The highest BCUT2D eigenvalue weighted by Gasteiger charge is 2.40. The van der Waals surface area contributed by atoms with Gasteiger partial charge in [0.25, 0.3) is 0 Å². The third-order valence-corrected chi connectivity index (χ3v) is 5.97. The zero-order valence-electron chi connectivity index (χ0n) is 18.6. The number of benzene rings is 1. The highest BCUT2D eigenvalue weighted by molar-refractivity contribution is 8.14. The van der Waals surface area contributed by atoms with Gasteiger partial charge in [0.1, 0.15) is 16.5 Å². The average Bonchev–Trinajstić information content (AvgIpc) is 3.16. The number of unbranched alkanes of at least 4 members (excludes halogenated alkanes) is 2. The number of rotatable bonds is 13. The van der Waals surface area contributed by atoms with Gasteiger partial charge in [0.2, 0.25) is 0 Å². The van der Waals surface area contributed by atoms with Crippen LogP contribution < -0.4 is 4.74 Å². The summed E-state index contributed by atoms with van der Waals surface area (Å²) in [5.41, 5.74) is -0.352. The van der Waals surface area contributed by atoms with Crippen LogP contribution in [0.3, 0.4) is 0 Å². The Morgan fingerprint density at radius 3 is 2.55 bits per heavy atom. The molecule has 0 amide bonds. The third-order valence-electron chi connectivity index (χ3n) is 4.68. The second kappa shape index (κ2) is 12.6. The fraction of sp³-hybridized carbons (Fsp3) is 0.609. The van der Waals surface area contributed by atoms with Crippen molar-refractivity contribution in [1.82, 2.24) is 0 Å². The van der Waals surface area contributed by atoms with Crippen LogP contribution in [-0.2, 0) is 19.1 Å². The minimum atomic E-state index is -0.931. The summed E-state index contributed by atoms with van der Waals surface area (Å²) in [6.45, 7) is 7.03. The van der Waals surface area contributed by atoms with Gasteiger partial charge in [0.15, 0.2) is 5.54 Å². The Morgan fingerprint density at radius 1 is 1.10 bits per heavy atom. The van der Waals surface area contributed by atoms with Gasteiger partial charge in [-0.05, 0) is 51.2 Å². The van der Waals surface area contributed by atoms with Gasteiger partial charge in [0, 0.05) is 23.8 Å². The number of thioether (sulfide) groups is 1. The monoisotopic (exact) mass is 451 g/mol. The van der Waals surface area contributed by atoms with Gasteiger partial charge >= 0.3 is 11.9 Å². The number of carbonyl (C=O) groups excluding carboxylic acids is 2. The molecule has 1 heterocycles. The predicted octanol–water partition coefficient (Wildman–Crippen LogP) is 4.49. The van der Waals surface area contributed by atoms with E-state index >= 15 is 0 Å². The van der Waals surface area contributed by atoms with E-state index in [9.17, 15) is 14.7 Å². The normalized spacial score (nSPS) is 17.8. The van der Waals surface area contributed by atoms with E-state index in [1.54, 1.807) is 25.1 Å². The van der Waals surface area contributed by atoms with Crippen molar-refractivity contribution in [3.8, 4) is 11.5 Å². The maximum absolute atomic E-state index is 12.3. The van der Waals surface area contributed by atoms with E-state index in [0.29, 0.717) is 48.4 Å². The van der Waals surface area contributed by atoms with Crippen LogP contribution in [0.1, 0.15) is 64.9 Å². The highest BCUT2D eigenvalue weighted by Crippen LogP contribution is 2.36. The molecule has 0 aromatic heterocycles. The Morgan fingerprint density at radius 2 is 1.84 bits per heavy atom. The molecule has 1 aliphatic heterocycles. The molecule has 0 bridgehead atoms. The topological polar surface area (TPSA) is 94.4 Å². The van der Waals surface area contributed by atoms with E-state index in [4.69, 9.17) is 14.2 Å². The van der Waals surface area contributed by atoms with Crippen LogP contribution in [-0.4, -0.2) is 53.2 Å². The number of ether oxygens (including phenoxy) is 3. The van der Waals surface area contributed by atoms with Crippen molar-refractivity contribution in [3.05, 3.63) is 23.8 Å². The summed E-state index contributed by atoms with van der Waals surface area (Å²) in [6, 6.07) is 5.10. The Labute approximate surface area is 188 Å². The van der Waals surface area contributed by atoms with Gasteiger partial charge in [-0.1, -0.05) is 13.8 Å².